The lowest BCUT2D eigenvalue weighted by molar-refractivity contribution is -0.139. The van der Waals surface area contributed by atoms with Gasteiger partial charge < -0.3 is 9.84 Å². The van der Waals surface area contributed by atoms with Crippen molar-refractivity contribution in [2.75, 3.05) is 6.61 Å². The molecule has 29 heavy (non-hydrogen) atoms. The molecule has 1 aromatic rings. The second-order valence-corrected chi connectivity index (χ2v) is 8.17. The highest BCUT2D eigenvalue weighted by atomic mass is 16.5. The van der Waals surface area contributed by atoms with Gasteiger partial charge in [-0.1, -0.05) is 57.0 Å². The molecule has 1 aliphatic rings. The number of aliphatic carboxylic acids is 1. The third kappa shape index (κ3) is 7.52. The molecule has 0 bridgehead atoms. The first-order chi connectivity index (χ1) is 13.9. The zero-order valence-corrected chi connectivity index (χ0v) is 17.8. The van der Waals surface area contributed by atoms with Gasteiger partial charge >= 0.3 is 11.9 Å². The highest BCUT2D eigenvalue weighted by Gasteiger charge is 2.21. The number of ether oxygens (including phenoxy) is 1. The van der Waals surface area contributed by atoms with E-state index in [1.165, 1.54) is 50.5 Å². The predicted octanol–water partition coefficient (Wildman–Crippen LogP) is 6.13. The monoisotopic (exact) mass is 398 g/mol. The van der Waals surface area contributed by atoms with E-state index in [-0.39, 0.29) is 18.6 Å². The van der Waals surface area contributed by atoms with Crippen molar-refractivity contribution in [3.63, 3.8) is 0 Å². The Hall–Kier alpha value is -2.36. The predicted molar refractivity (Wildman–Crippen MR) is 117 cm³/mol. The number of hydrogen-bond donors (Lipinski definition) is 1. The molecular weight excluding hydrogens is 364 g/mol. The molecule has 4 heteroatoms. The standard InChI is InChI=1S/C25H34O4/c1-4-5-6-19-7-11-21(12-8-19)22-13-9-20(10-14-22)17-23(24(26)27)15-16-29-25(28)18(2)3/h9-10,13-14,17,19,21H,2,4-8,11-12,15-16H2,1,3H3,(H,26,27). The van der Waals surface area contributed by atoms with Gasteiger partial charge in [0.05, 0.1) is 6.61 Å². The Morgan fingerprint density at radius 1 is 1.17 bits per heavy atom. The molecule has 1 fully saturated rings. The van der Waals surface area contributed by atoms with Crippen molar-refractivity contribution >= 4 is 18.0 Å². The largest absolute Gasteiger partial charge is 0.478 e. The van der Waals surface area contributed by atoms with E-state index in [0.29, 0.717) is 11.5 Å². The molecular formula is C25H34O4. The van der Waals surface area contributed by atoms with Crippen molar-refractivity contribution < 1.29 is 19.4 Å². The van der Waals surface area contributed by atoms with Gasteiger partial charge in [-0.15, -0.1) is 0 Å². The summed E-state index contributed by atoms with van der Waals surface area (Å²) in [6, 6.07) is 8.23. The summed E-state index contributed by atoms with van der Waals surface area (Å²) >= 11 is 0. The van der Waals surface area contributed by atoms with E-state index < -0.39 is 11.9 Å². The minimum absolute atomic E-state index is 0.0309. The summed E-state index contributed by atoms with van der Waals surface area (Å²) < 4.78 is 5.01. The van der Waals surface area contributed by atoms with Crippen LogP contribution >= 0.6 is 0 Å². The molecule has 1 N–H and O–H groups in total. The van der Waals surface area contributed by atoms with Crippen LogP contribution in [0.1, 0.15) is 82.3 Å². The van der Waals surface area contributed by atoms with Crippen LogP contribution < -0.4 is 0 Å². The molecule has 0 saturated heterocycles. The number of carbonyl (C=O) groups excluding carboxylic acids is 1. The van der Waals surface area contributed by atoms with Gasteiger partial charge in [-0.25, -0.2) is 9.59 Å². The summed E-state index contributed by atoms with van der Waals surface area (Å²) in [6.07, 6.45) is 10.9. The highest BCUT2D eigenvalue weighted by Crippen LogP contribution is 2.37. The first kappa shape index (κ1) is 22.9. The van der Waals surface area contributed by atoms with Gasteiger partial charge in [-0.3, -0.25) is 0 Å². The molecule has 2 rings (SSSR count). The van der Waals surface area contributed by atoms with Crippen molar-refractivity contribution in [1.29, 1.82) is 0 Å². The van der Waals surface area contributed by atoms with Gasteiger partial charge in [0.1, 0.15) is 0 Å². The van der Waals surface area contributed by atoms with Crippen LogP contribution in [0.2, 0.25) is 0 Å². The summed E-state index contributed by atoms with van der Waals surface area (Å²) in [5.74, 6) is 0.0197. The number of carboxylic acid groups (broad SMARTS) is 1. The van der Waals surface area contributed by atoms with Crippen LogP contribution in [-0.4, -0.2) is 23.7 Å². The van der Waals surface area contributed by atoms with Crippen LogP contribution in [0.3, 0.4) is 0 Å². The number of benzene rings is 1. The molecule has 1 saturated carbocycles. The second-order valence-electron chi connectivity index (χ2n) is 8.17. The maximum atomic E-state index is 11.5. The third-order valence-corrected chi connectivity index (χ3v) is 5.79. The molecule has 0 amide bonds. The zero-order chi connectivity index (χ0) is 21.2. The number of hydrogen-bond acceptors (Lipinski definition) is 3. The van der Waals surface area contributed by atoms with Crippen molar-refractivity contribution in [1.82, 2.24) is 0 Å². The van der Waals surface area contributed by atoms with E-state index in [0.717, 1.165) is 11.5 Å². The molecule has 0 radical (unpaired) electrons. The molecule has 158 valence electrons. The molecule has 0 aromatic heterocycles. The lowest BCUT2D eigenvalue weighted by Crippen LogP contribution is -2.13. The summed E-state index contributed by atoms with van der Waals surface area (Å²) in [5.41, 5.74) is 2.74. The second kappa shape index (κ2) is 11.6. The Morgan fingerprint density at radius 2 is 1.83 bits per heavy atom. The lowest BCUT2D eigenvalue weighted by Gasteiger charge is -2.28. The van der Waals surface area contributed by atoms with E-state index in [1.54, 1.807) is 13.0 Å². The van der Waals surface area contributed by atoms with Crippen LogP contribution in [0, 0.1) is 5.92 Å². The Balaban J connectivity index is 1.92. The number of carboxylic acids is 1. The fourth-order valence-electron chi connectivity index (χ4n) is 3.96. The Labute approximate surface area is 174 Å². The maximum Gasteiger partial charge on any atom is 0.333 e. The zero-order valence-electron chi connectivity index (χ0n) is 17.8. The van der Waals surface area contributed by atoms with Crippen LogP contribution in [0.4, 0.5) is 0 Å². The lowest BCUT2D eigenvalue weighted by atomic mass is 9.77. The first-order valence-corrected chi connectivity index (χ1v) is 10.8. The number of unbranched alkanes of at least 4 members (excludes halogenated alkanes) is 1. The Bertz CT molecular complexity index is 722. The number of esters is 1. The molecule has 0 unspecified atom stereocenters. The van der Waals surface area contributed by atoms with E-state index >= 15 is 0 Å². The molecule has 4 nitrogen and oxygen atoms in total. The topological polar surface area (TPSA) is 63.6 Å². The fraction of sp³-hybridized carbons (Fsp3) is 0.520. The average molecular weight is 399 g/mol. The van der Waals surface area contributed by atoms with E-state index in [2.05, 4.69) is 25.6 Å². The van der Waals surface area contributed by atoms with Crippen molar-refractivity contribution in [2.24, 2.45) is 5.92 Å². The van der Waals surface area contributed by atoms with Crippen LogP contribution in [0.15, 0.2) is 42.0 Å². The van der Waals surface area contributed by atoms with Gasteiger partial charge in [0, 0.05) is 17.6 Å². The highest BCUT2D eigenvalue weighted by molar-refractivity contribution is 5.92. The molecule has 1 aromatic carbocycles. The van der Waals surface area contributed by atoms with Crippen molar-refractivity contribution in [3.05, 3.63) is 53.1 Å². The van der Waals surface area contributed by atoms with Gasteiger partial charge in [0.2, 0.25) is 0 Å². The molecule has 0 aliphatic heterocycles. The summed E-state index contributed by atoms with van der Waals surface area (Å²) in [4.78, 5) is 22.9. The van der Waals surface area contributed by atoms with E-state index in [1.807, 2.05) is 12.1 Å². The summed E-state index contributed by atoms with van der Waals surface area (Å²) in [6.45, 7) is 7.37. The summed E-state index contributed by atoms with van der Waals surface area (Å²) in [5, 5.41) is 9.43. The Morgan fingerprint density at radius 3 is 2.38 bits per heavy atom. The van der Waals surface area contributed by atoms with Gasteiger partial charge in [0.25, 0.3) is 0 Å². The van der Waals surface area contributed by atoms with Crippen LogP contribution in [0.25, 0.3) is 6.08 Å². The maximum absolute atomic E-state index is 11.5. The SMILES string of the molecule is C=C(C)C(=O)OCCC(=Cc1ccc(C2CCC(CCCC)CC2)cc1)C(=O)O. The van der Waals surface area contributed by atoms with Crippen molar-refractivity contribution in [3.8, 4) is 0 Å². The normalized spacial score (nSPS) is 19.6. The molecule has 1 aliphatic carbocycles. The third-order valence-electron chi connectivity index (χ3n) is 5.79. The van der Waals surface area contributed by atoms with Crippen LogP contribution in [-0.2, 0) is 14.3 Å². The summed E-state index contributed by atoms with van der Waals surface area (Å²) in [7, 11) is 0. The molecule has 0 heterocycles. The number of rotatable bonds is 10. The average Bonchev–Trinajstić information content (AvgIpc) is 2.72. The van der Waals surface area contributed by atoms with Gasteiger partial charge in [0.15, 0.2) is 0 Å². The van der Waals surface area contributed by atoms with Gasteiger partial charge in [-0.2, -0.15) is 0 Å². The van der Waals surface area contributed by atoms with E-state index in [4.69, 9.17) is 4.74 Å². The number of carbonyl (C=O) groups is 2. The van der Waals surface area contributed by atoms with Crippen molar-refractivity contribution in [2.45, 2.75) is 71.1 Å². The first-order valence-electron chi connectivity index (χ1n) is 10.8. The quantitative estimate of drug-likeness (QED) is 0.380. The smallest absolute Gasteiger partial charge is 0.333 e. The van der Waals surface area contributed by atoms with Gasteiger partial charge in [-0.05, 0) is 61.6 Å². The minimum Gasteiger partial charge on any atom is -0.478 e. The van der Waals surface area contributed by atoms with E-state index in [9.17, 15) is 14.7 Å². The Kier molecular flexibility index (Phi) is 9.17. The molecule has 0 atom stereocenters. The van der Waals surface area contributed by atoms with Crippen LogP contribution in [0.5, 0.6) is 0 Å². The minimum atomic E-state index is -0.995. The fourth-order valence-corrected chi connectivity index (χ4v) is 3.96. The molecule has 0 spiro atoms.